The fourth-order valence-electron chi connectivity index (χ4n) is 2.05. The molecule has 21 heavy (non-hydrogen) atoms. The Balaban J connectivity index is 2.34. The molecular formula is C15H16BrFN2S2. The van der Waals surface area contributed by atoms with Gasteiger partial charge in [0.15, 0.2) is 5.82 Å². The zero-order valence-corrected chi connectivity index (χ0v) is 14.9. The van der Waals surface area contributed by atoms with Crippen LogP contribution in [0.5, 0.6) is 0 Å². The van der Waals surface area contributed by atoms with Crippen molar-refractivity contribution in [1.82, 2.24) is 0 Å². The Bertz CT molecular complexity index is 641. The molecular weight excluding hydrogens is 371 g/mol. The Morgan fingerprint density at radius 1 is 1.38 bits per heavy atom. The number of anilines is 1. The van der Waals surface area contributed by atoms with E-state index in [1.165, 1.54) is 4.88 Å². The van der Waals surface area contributed by atoms with Crippen molar-refractivity contribution in [3.05, 3.63) is 50.4 Å². The molecule has 2 rings (SSSR count). The molecule has 1 heterocycles. The number of hydrogen-bond acceptors (Lipinski definition) is 3. The summed E-state index contributed by atoms with van der Waals surface area (Å²) >= 11 is 9.80. The highest BCUT2D eigenvalue weighted by Crippen LogP contribution is 2.33. The number of rotatable bonds is 5. The number of nitrogens with two attached hydrogens (primary N) is 1. The topological polar surface area (TPSA) is 38.0 Å². The third kappa shape index (κ3) is 3.62. The molecule has 1 unspecified atom stereocenters. The van der Waals surface area contributed by atoms with Crippen LogP contribution in [0.25, 0.3) is 0 Å². The molecule has 6 heteroatoms. The van der Waals surface area contributed by atoms with Gasteiger partial charge in [-0.1, -0.05) is 32.1 Å². The summed E-state index contributed by atoms with van der Waals surface area (Å²) in [7, 11) is 0. The fourth-order valence-corrected chi connectivity index (χ4v) is 3.86. The summed E-state index contributed by atoms with van der Waals surface area (Å²) in [6.07, 6.45) is 0. The van der Waals surface area contributed by atoms with Gasteiger partial charge >= 0.3 is 0 Å². The lowest BCUT2D eigenvalue weighted by atomic mass is 10.0. The summed E-state index contributed by atoms with van der Waals surface area (Å²) in [5, 5.41) is 5.30. The first-order valence-corrected chi connectivity index (χ1v) is 8.57. The average molecular weight is 387 g/mol. The van der Waals surface area contributed by atoms with Crippen molar-refractivity contribution in [3.8, 4) is 0 Å². The van der Waals surface area contributed by atoms with E-state index in [0.717, 1.165) is 0 Å². The average Bonchev–Trinajstić information content (AvgIpc) is 2.93. The largest absolute Gasteiger partial charge is 0.389 e. The summed E-state index contributed by atoms with van der Waals surface area (Å²) in [5.74, 6) is -0.0420. The molecule has 1 aromatic carbocycles. The molecule has 2 aromatic rings. The number of thiophene rings is 1. The Labute approximate surface area is 141 Å². The van der Waals surface area contributed by atoms with Gasteiger partial charge in [0.1, 0.15) is 4.99 Å². The summed E-state index contributed by atoms with van der Waals surface area (Å²) in [6.45, 7) is 4.21. The number of thiocarbonyl (C=S) groups is 1. The molecule has 0 fully saturated rings. The van der Waals surface area contributed by atoms with E-state index in [4.69, 9.17) is 18.0 Å². The zero-order chi connectivity index (χ0) is 15.6. The van der Waals surface area contributed by atoms with Crippen LogP contribution in [0.2, 0.25) is 0 Å². The first-order valence-electron chi connectivity index (χ1n) is 6.49. The maximum atomic E-state index is 14.5. The lowest BCUT2D eigenvalue weighted by Crippen LogP contribution is -2.17. The van der Waals surface area contributed by atoms with Crippen LogP contribution in [0.3, 0.4) is 0 Å². The highest BCUT2D eigenvalue weighted by atomic mass is 79.9. The molecule has 0 spiro atoms. The maximum Gasteiger partial charge on any atom is 0.161 e. The second-order valence-electron chi connectivity index (χ2n) is 5.03. The van der Waals surface area contributed by atoms with Crippen LogP contribution in [-0.4, -0.2) is 4.99 Å². The molecule has 0 saturated carbocycles. The van der Waals surface area contributed by atoms with Gasteiger partial charge in [0, 0.05) is 10.4 Å². The molecule has 0 bridgehead atoms. The van der Waals surface area contributed by atoms with Gasteiger partial charge in [0.25, 0.3) is 0 Å². The van der Waals surface area contributed by atoms with E-state index in [-0.39, 0.29) is 16.8 Å². The predicted octanol–water partition coefficient (Wildman–Crippen LogP) is 5.09. The van der Waals surface area contributed by atoms with E-state index in [0.29, 0.717) is 21.6 Å². The van der Waals surface area contributed by atoms with Gasteiger partial charge in [0.2, 0.25) is 0 Å². The van der Waals surface area contributed by atoms with Gasteiger partial charge in [-0.05, 0) is 45.4 Å². The van der Waals surface area contributed by atoms with E-state index in [1.807, 2.05) is 11.4 Å². The standard InChI is InChI=1S/C15H16BrFN2S2/c1-8(2)14(11-4-3-7-21-11)19-10-6-5-9(15(18)20)12(16)13(10)17/h3-8,14,19H,1-2H3,(H2,18,20). The van der Waals surface area contributed by atoms with Gasteiger partial charge in [-0.25, -0.2) is 4.39 Å². The fraction of sp³-hybridized carbons (Fsp3) is 0.267. The molecule has 0 aliphatic heterocycles. The van der Waals surface area contributed by atoms with E-state index >= 15 is 0 Å². The second kappa shape index (κ2) is 6.85. The van der Waals surface area contributed by atoms with Crippen molar-refractivity contribution in [2.24, 2.45) is 11.7 Å². The van der Waals surface area contributed by atoms with Crippen LogP contribution in [0.15, 0.2) is 34.1 Å². The van der Waals surface area contributed by atoms with Gasteiger partial charge in [-0.3, -0.25) is 0 Å². The Kier molecular flexibility index (Phi) is 5.35. The first kappa shape index (κ1) is 16.4. The molecule has 0 radical (unpaired) electrons. The molecule has 2 nitrogen and oxygen atoms in total. The molecule has 1 aromatic heterocycles. The minimum atomic E-state index is -0.373. The summed E-state index contributed by atoms with van der Waals surface area (Å²) in [6, 6.07) is 7.51. The monoisotopic (exact) mass is 386 g/mol. The number of halogens is 2. The Morgan fingerprint density at radius 3 is 2.62 bits per heavy atom. The van der Waals surface area contributed by atoms with Crippen molar-refractivity contribution in [2.45, 2.75) is 19.9 Å². The first-order chi connectivity index (χ1) is 9.91. The van der Waals surface area contributed by atoms with Crippen LogP contribution in [0.4, 0.5) is 10.1 Å². The van der Waals surface area contributed by atoms with Crippen molar-refractivity contribution in [3.63, 3.8) is 0 Å². The van der Waals surface area contributed by atoms with Crippen LogP contribution >= 0.6 is 39.5 Å². The molecule has 1 atom stereocenters. The van der Waals surface area contributed by atoms with Crippen LogP contribution < -0.4 is 11.1 Å². The number of nitrogens with one attached hydrogen (secondary N) is 1. The minimum Gasteiger partial charge on any atom is -0.389 e. The normalized spacial score (nSPS) is 12.4. The van der Waals surface area contributed by atoms with Crippen LogP contribution in [0, 0.1) is 11.7 Å². The van der Waals surface area contributed by atoms with E-state index in [2.05, 4.69) is 41.2 Å². The van der Waals surface area contributed by atoms with Gasteiger partial charge in [-0.15, -0.1) is 11.3 Å². The van der Waals surface area contributed by atoms with E-state index < -0.39 is 0 Å². The maximum absolute atomic E-state index is 14.5. The number of hydrogen-bond donors (Lipinski definition) is 2. The molecule has 0 saturated heterocycles. The molecule has 3 N–H and O–H groups in total. The van der Waals surface area contributed by atoms with Gasteiger partial charge in [0.05, 0.1) is 16.2 Å². The Hall–Kier alpha value is -0.980. The van der Waals surface area contributed by atoms with Crippen molar-refractivity contribution >= 4 is 50.2 Å². The van der Waals surface area contributed by atoms with Crippen LogP contribution in [0.1, 0.15) is 30.3 Å². The van der Waals surface area contributed by atoms with Crippen molar-refractivity contribution in [1.29, 1.82) is 0 Å². The number of benzene rings is 1. The predicted molar refractivity (Wildman–Crippen MR) is 95.5 cm³/mol. The zero-order valence-electron chi connectivity index (χ0n) is 11.7. The highest BCUT2D eigenvalue weighted by Gasteiger charge is 2.20. The summed E-state index contributed by atoms with van der Waals surface area (Å²) < 4.78 is 14.8. The quantitative estimate of drug-likeness (QED) is 0.702. The third-order valence-corrected chi connectivity index (χ3v) is 5.13. The van der Waals surface area contributed by atoms with Gasteiger partial charge in [-0.2, -0.15) is 0 Å². The Morgan fingerprint density at radius 2 is 2.10 bits per heavy atom. The SMILES string of the molecule is CC(C)C(Nc1ccc(C(N)=S)c(Br)c1F)c1cccs1. The second-order valence-corrected chi connectivity index (χ2v) is 7.25. The summed E-state index contributed by atoms with van der Waals surface area (Å²) in [5.41, 5.74) is 6.52. The van der Waals surface area contributed by atoms with E-state index in [9.17, 15) is 4.39 Å². The van der Waals surface area contributed by atoms with Crippen molar-refractivity contribution in [2.75, 3.05) is 5.32 Å². The van der Waals surface area contributed by atoms with Gasteiger partial charge < -0.3 is 11.1 Å². The minimum absolute atomic E-state index is 0.0575. The molecule has 0 aliphatic carbocycles. The summed E-state index contributed by atoms with van der Waals surface area (Å²) in [4.78, 5) is 1.35. The lowest BCUT2D eigenvalue weighted by molar-refractivity contribution is 0.545. The third-order valence-electron chi connectivity index (χ3n) is 3.18. The molecule has 0 aliphatic rings. The van der Waals surface area contributed by atoms with E-state index in [1.54, 1.807) is 23.5 Å². The highest BCUT2D eigenvalue weighted by molar-refractivity contribution is 9.10. The van der Waals surface area contributed by atoms with Crippen molar-refractivity contribution < 1.29 is 4.39 Å². The smallest absolute Gasteiger partial charge is 0.161 e. The molecule has 0 amide bonds. The lowest BCUT2D eigenvalue weighted by Gasteiger charge is -2.23. The molecule has 112 valence electrons. The van der Waals surface area contributed by atoms with Crippen LogP contribution in [-0.2, 0) is 0 Å².